The van der Waals surface area contributed by atoms with E-state index in [9.17, 15) is 9.59 Å². The molecule has 0 atom stereocenters. The van der Waals surface area contributed by atoms with Gasteiger partial charge in [-0.2, -0.15) is 0 Å². The lowest BCUT2D eigenvalue weighted by Crippen LogP contribution is -2.34. The molecular formula is C19H22N2O2. The number of hydrogen-bond donors (Lipinski definition) is 2. The Morgan fingerprint density at radius 3 is 2.04 bits per heavy atom. The van der Waals surface area contributed by atoms with Gasteiger partial charge >= 0.3 is 11.8 Å². The third-order valence-electron chi connectivity index (χ3n) is 3.51. The Bertz CT molecular complexity index is 671. The third kappa shape index (κ3) is 4.95. The SMILES string of the molecule is CC(C)(C)c1ccc(CNC(=O)C(=O)Nc2ccccc2)cc1. The number of amides is 2. The molecule has 2 rings (SSSR count). The second kappa shape index (κ2) is 7.09. The minimum Gasteiger partial charge on any atom is -0.344 e. The number of benzene rings is 2. The first-order chi connectivity index (χ1) is 10.9. The molecule has 0 aliphatic heterocycles. The summed E-state index contributed by atoms with van der Waals surface area (Å²) in [5.41, 5.74) is 2.88. The van der Waals surface area contributed by atoms with Gasteiger partial charge in [0, 0.05) is 12.2 Å². The maximum atomic E-state index is 11.8. The van der Waals surface area contributed by atoms with Crippen LogP contribution in [0.1, 0.15) is 31.9 Å². The van der Waals surface area contributed by atoms with Crippen molar-refractivity contribution in [2.75, 3.05) is 5.32 Å². The van der Waals surface area contributed by atoms with Crippen molar-refractivity contribution in [3.05, 3.63) is 65.7 Å². The summed E-state index contributed by atoms with van der Waals surface area (Å²) in [5, 5.41) is 5.18. The molecule has 0 aromatic heterocycles. The number of anilines is 1. The van der Waals surface area contributed by atoms with E-state index < -0.39 is 11.8 Å². The molecule has 2 aromatic carbocycles. The maximum absolute atomic E-state index is 11.8. The minimum absolute atomic E-state index is 0.0946. The van der Waals surface area contributed by atoms with E-state index in [4.69, 9.17) is 0 Å². The fourth-order valence-electron chi connectivity index (χ4n) is 2.09. The summed E-state index contributed by atoms with van der Waals surface area (Å²) in [4.78, 5) is 23.6. The summed E-state index contributed by atoms with van der Waals surface area (Å²) in [6, 6.07) is 16.9. The summed E-state index contributed by atoms with van der Waals surface area (Å²) in [6.45, 7) is 6.78. The van der Waals surface area contributed by atoms with Crippen LogP contribution in [0.2, 0.25) is 0 Å². The van der Waals surface area contributed by atoms with E-state index in [0.717, 1.165) is 5.56 Å². The molecule has 0 aliphatic rings. The second-order valence-corrected chi connectivity index (χ2v) is 6.45. The first-order valence-corrected chi connectivity index (χ1v) is 7.60. The Morgan fingerprint density at radius 1 is 0.870 bits per heavy atom. The number of carbonyl (C=O) groups is 2. The molecule has 0 bridgehead atoms. The number of rotatable bonds is 3. The second-order valence-electron chi connectivity index (χ2n) is 6.45. The predicted molar refractivity (Wildman–Crippen MR) is 92.1 cm³/mol. The van der Waals surface area contributed by atoms with Crippen LogP contribution in [0, 0.1) is 0 Å². The number of para-hydroxylation sites is 1. The molecule has 0 saturated carbocycles. The molecule has 4 heteroatoms. The summed E-state index contributed by atoms with van der Waals surface area (Å²) in [7, 11) is 0. The zero-order valence-electron chi connectivity index (χ0n) is 13.7. The van der Waals surface area contributed by atoms with Crippen LogP contribution in [0.15, 0.2) is 54.6 Å². The van der Waals surface area contributed by atoms with E-state index in [1.807, 2.05) is 30.3 Å². The fourth-order valence-corrected chi connectivity index (χ4v) is 2.09. The van der Waals surface area contributed by atoms with Crippen LogP contribution in [0.4, 0.5) is 5.69 Å². The highest BCUT2D eigenvalue weighted by molar-refractivity contribution is 6.39. The van der Waals surface area contributed by atoms with E-state index in [2.05, 4.69) is 31.4 Å². The van der Waals surface area contributed by atoms with Crippen LogP contribution in [-0.4, -0.2) is 11.8 Å². The monoisotopic (exact) mass is 310 g/mol. The molecule has 0 fully saturated rings. The molecule has 0 heterocycles. The molecule has 0 saturated heterocycles. The summed E-state index contributed by atoms with van der Waals surface area (Å²) in [6.07, 6.45) is 0. The number of nitrogens with one attached hydrogen (secondary N) is 2. The van der Waals surface area contributed by atoms with Crippen molar-refractivity contribution in [2.24, 2.45) is 0 Å². The molecule has 4 nitrogen and oxygen atoms in total. The zero-order chi connectivity index (χ0) is 16.9. The zero-order valence-corrected chi connectivity index (χ0v) is 13.7. The molecule has 2 amide bonds. The van der Waals surface area contributed by atoms with Crippen LogP contribution < -0.4 is 10.6 Å². The van der Waals surface area contributed by atoms with Crippen molar-refractivity contribution in [1.82, 2.24) is 5.32 Å². The van der Waals surface area contributed by atoms with Crippen LogP contribution in [0.3, 0.4) is 0 Å². The van der Waals surface area contributed by atoms with Crippen LogP contribution in [0.5, 0.6) is 0 Å². The normalized spacial score (nSPS) is 10.9. The molecule has 0 unspecified atom stereocenters. The van der Waals surface area contributed by atoms with Crippen LogP contribution in [-0.2, 0) is 21.5 Å². The van der Waals surface area contributed by atoms with Gasteiger partial charge in [-0.05, 0) is 28.7 Å². The number of carbonyl (C=O) groups excluding carboxylic acids is 2. The quantitative estimate of drug-likeness (QED) is 0.855. The van der Waals surface area contributed by atoms with E-state index in [-0.39, 0.29) is 5.41 Å². The Balaban J connectivity index is 1.87. The van der Waals surface area contributed by atoms with Gasteiger partial charge in [0.25, 0.3) is 0 Å². The molecule has 0 spiro atoms. The van der Waals surface area contributed by atoms with E-state index in [1.54, 1.807) is 24.3 Å². The molecule has 120 valence electrons. The standard InChI is InChI=1S/C19H22N2O2/c1-19(2,3)15-11-9-14(10-12-15)13-20-17(22)18(23)21-16-7-5-4-6-8-16/h4-12H,13H2,1-3H3,(H,20,22)(H,21,23). The van der Waals surface area contributed by atoms with Crippen molar-refractivity contribution in [1.29, 1.82) is 0 Å². The summed E-state index contributed by atoms with van der Waals surface area (Å²) in [5.74, 6) is -1.31. The van der Waals surface area contributed by atoms with Crippen molar-refractivity contribution in [2.45, 2.75) is 32.7 Å². The largest absolute Gasteiger partial charge is 0.344 e. The Hall–Kier alpha value is -2.62. The molecular weight excluding hydrogens is 288 g/mol. The highest BCUT2D eigenvalue weighted by Gasteiger charge is 2.14. The van der Waals surface area contributed by atoms with Gasteiger partial charge in [-0.25, -0.2) is 0 Å². The minimum atomic E-state index is -0.664. The fraction of sp³-hybridized carbons (Fsp3) is 0.263. The lowest BCUT2D eigenvalue weighted by Gasteiger charge is -2.19. The first kappa shape index (κ1) is 16.7. The van der Waals surface area contributed by atoms with E-state index in [0.29, 0.717) is 12.2 Å². The van der Waals surface area contributed by atoms with E-state index in [1.165, 1.54) is 5.56 Å². The first-order valence-electron chi connectivity index (χ1n) is 7.60. The van der Waals surface area contributed by atoms with Gasteiger partial charge in [-0.1, -0.05) is 63.2 Å². The Kier molecular flexibility index (Phi) is 5.16. The smallest absolute Gasteiger partial charge is 0.313 e. The van der Waals surface area contributed by atoms with Crippen molar-refractivity contribution in [3.8, 4) is 0 Å². The van der Waals surface area contributed by atoms with Crippen molar-refractivity contribution in [3.63, 3.8) is 0 Å². The average molecular weight is 310 g/mol. The van der Waals surface area contributed by atoms with Gasteiger partial charge in [0.15, 0.2) is 0 Å². The highest BCUT2D eigenvalue weighted by Crippen LogP contribution is 2.22. The van der Waals surface area contributed by atoms with Gasteiger partial charge < -0.3 is 10.6 Å². The van der Waals surface area contributed by atoms with Crippen molar-refractivity contribution < 1.29 is 9.59 Å². The summed E-state index contributed by atoms with van der Waals surface area (Å²) < 4.78 is 0. The Labute approximate surface area is 136 Å². The molecule has 2 N–H and O–H groups in total. The van der Waals surface area contributed by atoms with Gasteiger partial charge in [-0.15, -0.1) is 0 Å². The number of hydrogen-bond acceptors (Lipinski definition) is 2. The molecule has 23 heavy (non-hydrogen) atoms. The maximum Gasteiger partial charge on any atom is 0.313 e. The van der Waals surface area contributed by atoms with Gasteiger partial charge in [0.2, 0.25) is 0 Å². The topological polar surface area (TPSA) is 58.2 Å². The van der Waals surface area contributed by atoms with Crippen molar-refractivity contribution >= 4 is 17.5 Å². The summed E-state index contributed by atoms with van der Waals surface area (Å²) >= 11 is 0. The van der Waals surface area contributed by atoms with Gasteiger partial charge in [0.05, 0.1) is 0 Å². The molecule has 0 aliphatic carbocycles. The van der Waals surface area contributed by atoms with Gasteiger partial charge in [0.1, 0.15) is 0 Å². The van der Waals surface area contributed by atoms with Crippen LogP contribution in [0.25, 0.3) is 0 Å². The third-order valence-corrected chi connectivity index (χ3v) is 3.51. The average Bonchev–Trinajstić information content (AvgIpc) is 2.53. The van der Waals surface area contributed by atoms with Crippen LogP contribution >= 0.6 is 0 Å². The molecule has 2 aromatic rings. The van der Waals surface area contributed by atoms with E-state index >= 15 is 0 Å². The van der Waals surface area contributed by atoms with Gasteiger partial charge in [-0.3, -0.25) is 9.59 Å². The predicted octanol–water partition coefficient (Wildman–Crippen LogP) is 3.24. The molecule has 0 radical (unpaired) electrons. The highest BCUT2D eigenvalue weighted by atomic mass is 16.2. The lowest BCUT2D eigenvalue weighted by molar-refractivity contribution is -0.136. The Morgan fingerprint density at radius 2 is 1.48 bits per heavy atom. The lowest BCUT2D eigenvalue weighted by atomic mass is 9.87.